The van der Waals surface area contributed by atoms with Gasteiger partial charge in [0.05, 0.1) is 18.6 Å². The lowest BCUT2D eigenvalue weighted by Gasteiger charge is -2.13. The van der Waals surface area contributed by atoms with Gasteiger partial charge in [-0.2, -0.15) is 5.26 Å². The maximum Gasteiger partial charge on any atom is 0.273 e. The molecule has 5 nitrogen and oxygen atoms in total. The van der Waals surface area contributed by atoms with E-state index in [0.717, 1.165) is 16.3 Å². The van der Waals surface area contributed by atoms with Gasteiger partial charge in [0, 0.05) is 24.5 Å². The maximum absolute atomic E-state index is 12.2. The van der Waals surface area contributed by atoms with Gasteiger partial charge in [-0.3, -0.25) is 4.79 Å². The lowest BCUT2D eigenvalue weighted by Crippen LogP contribution is -2.27. The highest BCUT2D eigenvalue weighted by Gasteiger charge is 2.15. The van der Waals surface area contributed by atoms with Crippen molar-refractivity contribution in [2.75, 3.05) is 13.6 Å². The number of amides is 1. The number of nitriles is 1. The Morgan fingerprint density at radius 1 is 1.39 bits per heavy atom. The summed E-state index contributed by atoms with van der Waals surface area (Å²) in [5.74, 6) is 0.648. The van der Waals surface area contributed by atoms with Crippen LogP contribution in [-0.4, -0.2) is 35.5 Å². The maximum atomic E-state index is 12.2. The lowest BCUT2D eigenvalue weighted by atomic mass is 10.2. The van der Waals surface area contributed by atoms with Gasteiger partial charge in [-0.25, -0.2) is 4.98 Å². The third kappa shape index (κ3) is 4.54. The van der Waals surface area contributed by atoms with Crippen molar-refractivity contribution in [1.82, 2.24) is 9.88 Å². The van der Waals surface area contributed by atoms with Crippen LogP contribution in [0.15, 0.2) is 29.6 Å². The third-order valence-electron chi connectivity index (χ3n) is 3.10. The van der Waals surface area contributed by atoms with E-state index in [-0.39, 0.29) is 12.0 Å². The van der Waals surface area contributed by atoms with Crippen LogP contribution in [-0.2, 0) is 0 Å². The number of hydrogen-bond donors (Lipinski definition) is 0. The molecule has 0 unspecified atom stereocenters. The van der Waals surface area contributed by atoms with E-state index in [1.807, 2.05) is 44.2 Å². The fourth-order valence-corrected chi connectivity index (χ4v) is 2.77. The summed E-state index contributed by atoms with van der Waals surface area (Å²) in [5.41, 5.74) is 1.36. The molecule has 0 bridgehead atoms. The van der Waals surface area contributed by atoms with Gasteiger partial charge in [0.15, 0.2) is 0 Å². The molecule has 6 heteroatoms. The van der Waals surface area contributed by atoms with E-state index >= 15 is 0 Å². The molecular weight excluding hydrogens is 310 g/mol. The monoisotopic (exact) mass is 329 g/mol. The van der Waals surface area contributed by atoms with Crippen LogP contribution in [0.1, 0.15) is 30.8 Å². The standard InChI is InChI=1S/C17H19N3O2S/c1-12(2)22-14-7-5-13(6-8-14)16-19-15(11-23-16)17(21)20(3)10-4-9-18/h5-8,11-12H,4,10H2,1-3H3. The molecule has 23 heavy (non-hydrogen) atoms. The molecule has 0 saturated carbocycles. The van der Waals surface area contributed by atoms with Crippen LogP contribution in [0.25, 0.3) is 10.6 Å². The quantitative estimate of drug-likeness (QED) is 0.812. The van der Waals surface area contributed by atoms with Crippen molar-refractivity contribution in [3.05, 3.63) is 35.3 Å². The van der Waals surface area contributed by atoms with Crippen molar-refractivity contribution in [3.8, 4) is 22.4 Å². The number of hydrogen-bond acceptors (Lipinski definition) is 5. The van der Waals surface area contributed by atoms with Crippen LogP contribution in [0.3, 0.4) is 0 Å². The predicted octanol–water partition coefficient (Wildman–Crippen LogP) is 3.58. The second-order valence-corrected chi connectivity index (χ2v) is 6.22. The molecule has 0 saturated heterocycles. The Bertz CT molecular complexity index is 701. The Balaban J connectivity index is 2.09. The first-order chi connectivity index (χ1) is 11.0. The zero-order valence-electron chi connectivity index (χ0n) is 13.4. The molecule has 120 valence electrons. The third-order valence-corrected chi connectivity index (χ3v) is 3.99. The Kier molecular flexibility index (Phi) is 5.72. The number of aromatic nitrogens is 1. The summed E-state index contributed by atoms with van der Waals surface area (Å²) < 4.78 is 5.61. The smallest absolute Gasteiger partial charge is 0.273 e. The van der Waals surface area contributed by atoms with E-state index < -0.39 is 0 Å². The molecular formula is C17H19N3O2S. The summed E-state index contributed by atoms with van der Waals surface area (Å²) in [7, 11) is 1.68. The van der Waals surface area contributed by atoms with Crippen LogP contribution >= 0.6 is 11.3 Å². The van der Waals surface area contributed by atoms with E-state index in [1.54, 1.807) is 12.4 Å². The van der Waals surface area contributed by atoms with Gasteiger partial charge in [0.2, 0.25) is 0 Å². The predicted molar refractivity (Wildman–Crippen MR) is 90.5 cm³/mol. The van der Waals surface area contributed by atoms with Crippen molar-refractivity contribution >= 4 is 17.2 Å². The summed E-state index contributed by atoms with van der Waals surface area (Å²) in [5, 5.41) is 11.1. The fourth-order valence-electron chi connectivity index (χ4n) is 1.97. The number of carbonyl (C=O) groups excluding carboxylic acids is 1. The van der Waals surface area contributed by atoms with Crippen molar-refractivity contribution in [2.24, 2.45) is 0 Å². The second-order valence-electron chi connectivity index (χ2n) is 5.36. The van der Waals surface area contributed by atoms with Crippen LogP contribution in [0.4, 0.5) is 0 Å². The molecule has 0 aliphatic heterocycles. The molecule has 2 aromatic rings. The molecule has 0 aliphatic carbocycles. The highest BCUT2D eigenvalue weighted by Crippen LogP contribution is 2.26. The largest absolute Gasteiger partial charge is 0.491 e. The summed E-state index contributed by atoms with van der Waals surface area (Å²) in [6, 6.07) is 9.70. The van der Waals surface area contributed by atoms with Crippen molar-refractivity contribution < 1.29 is 9.53 Å². The molecule has 0 radical (unpaired) electrons. The van der Waals surface area contributed by atoms with Crippen LogP contribution < -0.4 is 4.74 Å². The molecule has 1 amide bonds. The van der Waals surface area contributed by atoms with Gasteiger partial charge in [0.25, 0.3) is 5.91 Å². The molecule has 0 fully saturated rings. The molecule has 0 spiro atoms. The zero-order valence-corrected chi connectivity index (χ0v) is 14.3. The van der Waals surface area contributed by atoms with Gasteiger partial charge in [0.1, 0.15) is 16.5 Å². The average Bonchev–Trinajstić information content (AvgIpc) is 3.02. The first-order valence-electron chi connectivity index (χ1n) is 7.36. The second kappa shape index (κ2) is 7.75. The Labute approximate surface area is 140 Å². The topological polar surface area (TPSA) is 66.2 Å². The Morgan fingerprint density at radius 3 is 2.70 bits per heavy atom. The summed E-state index contributed by atoms with van der Waals surface area (Å²) in [6.45, 7) is 4.37. The molecule has 0 N–H and O–H groups in total. The number of thiazole rings is 1. The number of nitrogens with zero attached hydrogens (tertiary/aromatic N) is 3. The van der Waals surface area contributed by atoms with Gasteiger partial charge in [-0.05, 0) is 38.1 Å². The summed E-state index contributed by atoms with van der Waals surface area (Å²) in [6.07, 6.45) is 0.449. The highest BCUT2D eigenvalue weighted by molar-refractivity contribution is 7.13. The molecule has 0 atom stereocenters. The first-order valence-corrected chi connectivity index (χ1v) is 8.24. The van der Waals surface area contributed by atoms with Gasteiger partial charge >= 0.3 is 0 Å². The average molecular weight is 329 g/mol. The van der Waals surface area contributed by atoms with E-state index in [9.17, 15) is 4.79 Å². The van der Waals surface area contributed by atoms with E-state index in [2.05, 4.69) is 4.98 Å². The van der Waals surface area contributed by atoms with Gasteiger partial charge < -0.3 is 9.64 Å². The van der Waals surface area contributed by atoms with E-state index in [0.29, 0.717) is 18.7 Å². The fraction of sp³-hybridized carbons (Fsp3) is 0.353. The SMILES string of the molecule is CC(C)Oc1ccc(-c2nc(C(=O)N(C)CCC#N)cs2)cc1. The first kappa shape index (κ1) is 17.0. The highest BCUT2D eigenvalue weighted by atomic mass is 32.1. The van der Waals surface area contributed by atoms with Crippen LogP contribution in [0.5, 0.6) is 5.75 Å². The minimum Gasteiger partial charge on any atom is -0.491 e. The molecule has 2 rings (SSSR count). The van der Waals surface area contributed by atoms with E-state index in [4.69, 9.17) is 10.00 Å². The van der Waals surface area contributed by atoms with Crippen LogP contribution in [0, 0.1) is 11.3 Å². The number of carbonyl (C=O) groups is 1. The van der Waals surface area contributed by atoms with Crippen molar-refractivity contribution in [2.45, 2.75) is 26.4 Å². The van der Waals surface area contributed by atoms with E-state index in [1.165, 1.54) is 16.2 Å². The molecule has 1 aromatic heterocycles. The number of benzene rings is 1. The zero-order chi connectivity index (χ0) is 16.8. The lowest BCUT2D eigenvalue weighted by molar-refractivity contribution is 0.0793. The Hall–Kier alpha value is -2.39. The molecule has 1 aromatic carbocycles. The minimum absolute atomic E-state index is 0.133. The number of rotatable bonds is 6. The van der Waals surface area contributed by atoms with Gasteiger partial charge in [-0.1, -0.05) is 0 Å². The van der Waals surface area contributed by atoms with Crippen molar-refractivity contribution in [1.29, 1.82) is 5.26 Å². The Morgan fingerprint density at radius 2 is 2.09 bits per heavy atom. The normalized spacial score (nSPS) is 10.4. The summed E-state index contributed by atoms with van der Waals surface area (Å²) >= 11 is 1.43. The minimum atomic E-state index is -0.164. The number of ether oxygens (including phenoxy) is 1. The van der Waals surface area contributed by atoms with Gasteiger partial charge in [-0.15, -0.1) is 11.3 Å². The summed E-state index contributed by atoms with van der Waals surface area (Å²) in [4.78, 5) is 18.1. The molecule has 1 heterocycles. The van der Waals surface area contributed by atoms with Crippen LogP contribution in [0.2, 0.25) is 0 Å². The molecule has 0 aliphatic rings. The van der Waals surface area contributed by atoms with Crippen molar-refractivity contribution in [3.63, 3.8) is 0 Å².